The highest BCUT2D eigenvalue weighted by Gasteiger charge is 2.20. The maximum absolute atomic E-state index is 12.8. The number of aliphatic hydroxyl groups excluding tert-OH is 1. The summed E-state index contributed by atoms with van der Waals surface area (Å²) in [4.78, 5) is 25.3. The third kappa shape index (κ3) is 7.27. The van der Waals surface area contributed by atoms with Gasteiger partial charge in [0.1, 0.15) is 23.0 Å². The Bertz CT molecular complexity index is 1420. The lowest BCUT2D eigenvalue weighted by atomic mass is 10.0. The maximum Gasteiger partial charge on any atom is 0.203 e. The van der Waals surface area contributed by atoms with Crippen LogP contribution in [0.4, 0.5) is 0 Å². The fourth-order valence-corrected chi connectivity index (χ4v) is 4.99. The number of ether oxygens (including phenoxy) is 4. The molecule has 11 heteroatoms. The first kappa shape index (κ1) is 29.5. The van der Waals surface area contributed by atoms with Crippen LogP contribution >= 0.6 is 0 Å². The summed E-state index contributed by atoms with van der Waals surface area (Å²) < 4.78 is 46.1. The number of hydrogen-bond donors (Lipinski definition) is 2. The number of hydrogen-bond acceptors (Lipinski definition) is 10. The van der Waals surface area contributed by atoms with Crippen molar-refractivity contribution in [2.75, 3.05) is 33.7 Å². The molecule has 0 unspecified atom stereocenters. The van der Waals surface area contributed by atoms with Crippen LogP contribution in [-0.2, 0) is 16.4 Å². The van der Waals surface area contributed by atoms with Gasteiger partial charge in [0, 0.05) is 24.0 Å². The van der Waals surface area contributed by atoms with Crippen molar-refractivity contribution in [1.82, 2.24) is 0 Å². The Hall–Kier alpha value is -4.09. The summed E-state index contributed by atoms with van der Waals surface area (Å²) in [7, 11) is 0.502. The average Bonchev–Trinajstić information content (AvgIpc) is 2.94. The fraction of sp³-hybridized carbons (Fsp3) is 0.286. The zero-order chi connectivity index (χ0) is 28.6. The van der Waals surface area contributed by atoms with Gasteiger partial charge in [0.15, 0.2) is 32.9 Å². The van der Waals surface area contributed by atoms with Crippen LogP contribution in [0.3, 0.4) is 0 Å². The number of ketones is 2. The molecule has 3 aromatic carbocycles. The molecule has 2 N–H and O–H groups in total. The molecule has 0 heterocycles. The molecule has 0 amide bonds. The summed E-state index contributed by atoms with van der Waals surface area (Å²) in [6.07, 6.45) is -0.0792. The van der Waals surface area contributed by atoms with Gasteiger partial charge >= 0.3 is 0 Å². The number of methoxy groups -OCH3 is 3. The first-order chi connectivity index (χ1) is 18.6. The highest BCUT2D eigenvalue weighted by Crippen LogP contribution is 2.38. The van der Waals surface area contributed by atoms with Gasteiger partial charge in [-0.3, -0.25) is 9.59 Å². The Balaban J connectivity index is 1.66. The molecule has 0 aliphatic rings. The molecular weight excluding hydrogens is 528 g/mol. The monoisotopic (exact) mass is 558 g/mol. The van der Waals surface area contributed by atoms with Crippen molar-refractivity contribution in [3.63, 3.8) is 0 Å². The minimum absolute atomic E-state index is 0.0286. The average molecular weight is 559 g/mol. The van der Waals surface area contributed by atoms with E-state index in [0.717, 1.165) is 0 Å². The van der Waals surface area contributed by atoms with Crippen LogP contribution in [0.15, 0.2) is 59.5 Å². The number of aromatic hydroxyl groups is 1. The zero-order valence-corrected chi connectivity index (χ0v) is 22.6. The van der Waals surface area contributed by atoms with Crippen LogP contribution in [0.5, 0.6) is 28.7 Å². The topological polar surface area (TPSA) is 146 Å². The second kappa shape index (κ2) is 13.1. The zero-order valence-electron chi connectivity index (χ0n) is 21.8. The molecule has 0 bridgehead atoms. The number of carbonyl (C=O) groups excluding carboxylic acids is 2. The van der Waals surface area contributed by atoms with Gasteiger partial charge in [-0.15, -0.1) is 0 Å². The van der Waals surface area contributed by atoms with Crippen LogP contribution in [0.2, 0.25) is 0 Å². The lowest BCUT2D eigenvalue weighted by molar-refractivity contribution is 0.0917. The van der Waals surface area contributed by atoms with E-state index in [-0.39, 0.29) is 35.9 Å². The summed E-state index contributed by atoms with van der Waals surface area (Å²) >= 11 is 0. The number of phenolic OH excluding ortho intramolecular Hbond substituents is 1. The van der Waals surface area contributed by atoms with E-state index in [9.17, 15) is 23.1 Å². The van der Waals surface area contributed by atoms with Crippen molar-refractivity contribution in [2.24, 2.45) is 0 Å². The minimum Gasteiger partial charge on any atom is -0.507 e. The van der Waals surface area contributed by atoms with Gasteiger partial charge in [-0.25, -0.2) is 8.42 Å². The van der Waals surface area contributed by atoms with Gasteiger partial charge in [-0.1, -0.05) is 18.2 Å². The standard InChI is InChI=1S/C28H30O10S/c1-35-25-15-20(16-26(36-2)28(25)37-3)23(31)10-9-22(30)19-5-4-6-21(14-19)38-17-18-7-8-24(32)27(13-18)39(33,34)12-11-29/h4-8,13-16,29,32H,9-12,17H2,1-3H3. The van der Waals surface area contributed by atoms with Gasteiger partial charge in [-0.2, -0.15) is 0 Å². The summed E-state index contributed by atoms with van der Waals surface area (Å²) in [6, 6.07) is 13.5. The lowest BCUT2D eigenvalue weighted by Crippen LogP contribution is -2.11. The van der Waals surface area contributed by atoms with Gasteiger partial charge in [0.25, 0.3) is 0 Å². The molecule has 0 aliphatic carbocycles. The quantitative estimate of drug-likeness (QED) is 0.281. The number of rotatable bonds is 14. The fourth-order valence-electron chi connectivity index (χ4n) is 3.81. The van der Waals surface area contributed by atoms with Crippen molar-refractivity contribution >= 4 is 21.4 Å². The second-order valence-corrected chi connectivity index (χ2v) is 10.5. The van der Waals surface area contributed by atoms with Crippen molar-refractivity contribution in [1.29, 1.82) is 0 Å². The van der Waals surface area contributed by atoms with Crippen LogP contribution < -0.4 is 18.9 Å². The first-order valence-corrected chi connectivity index (χ1v) is 13.5. The van der Waals surface area contributed by atoms with E-state index >= 15 is 0 Å². The molecule has 0 atom stereocenters. The van der Waals surface area contributed by atoms with Gasteiger partial charge in [-0.05, 0) is 42.0 Å². The van der Waals surface area contributed by atoms with E-state index in [1.54, 1.807) is 18.2 Å². The van der Waals surface area contributed by atoms with E-state index in [1.165, 1.54) is 57.7 Å². The summed E-state index contributed by atoms with van der Waals surface area (Å²) in [6.45, 7) is -0.601. The van der Waals surface area contributed by atoms with Crippen LogP contribution in [0, 0.1) is 0 Å². The third-order valence-corrected chi connectivity index (χ3v) is 7.56. The number of benzene rings is 3. The molecule has 0 aromatic heterocycles. The molecule has 10 nitrogen and oxygen atoms in total. The van der Waals surface area contributed by atoms with E-state index in [0.29, 0.717) is 39.7 Å². The number of sulfone groups is 1. The van der Waals surface area contributed by atoms with Gasteiger partial charge < -0.3 is 29.2 Å². The minimum atomic E-state index is -3.86. The molecule has 0 saturated heterocycles. The Labute approximate surface area is 226 Å². The van der Waals surface area contributed by atoms with Gasteiger partial charge in [0.2, 0.25) is 5.75 Å². The summed E-state index contributed by atoms with van der Waals surface area (Å²) in [5, 5.41) is 18.9. The maximum atomic E-state index is 12.8. The molecule has 3 rings (SSSR count). The summed E-state index contributed by atoms with van der Waals surface area (Å²) in [5.41, 5.74) is 1.14. The third-order valence-electron chi connectivity index (χ3n) is 5.85. The Morgan fingerprint density at radius 2 is 1.46 bits per heavy atom. The SMILES string of the molecule is COc1cc(C(=O)CCC(=O)c2cccc(OCc3ccc(O)c(S(=O)(=O)CCO)c3)c2)cc(OC)c1OC. The van der Waals surface area contributed by atoms with Crippen LogP contribution in [-0.4, -0.2) is 63.9 Å². The molecule has 39 heavy (non-hydrogen) atoms. The Morgan fingerprint density at radius 1 is 0.821 bits per heavy atom. The van der Waals surface area contributed by atoms with Crippen molar-refractivity contribution in [2.45, 2.75) is 24.3 Å². The van der Waals surface area contributed by atoms with E-state index < -0.39 is 27.9 Å². The normalized spacial score (nSPS) is 11.1. The van der Waals surface area contributed by atoms with Crippen LogP contribution in [0.1, 0.15) is 39.1 Å². The Morgan fingerprint density at radius 3 is 2.05 bits per heavy atom. The number of aliphatic hydroxyl groups is 1. The first-order valence-electron chi connectivity index (χ1n) is 11.9. The van der Waals surface area contributed by atoms with E-state index in [4.69, 9.17) is 24.1 Å². The van der Waals surface area contributed by atoms with Crippen molar-refractivity contribution < 1.29 is 47.2 Å². The number of phenols is 1. The Kier molecular flexibility index (Phi) is 9.91. The van der Waals surface area contributed by atoms with Gasteiger partial charge in [0.05, 0.1) is 33.7 Å². The molecule has 208 valence electrons. The van der Waals surface area contributed by atoms with E-state index in [1.807, 2.05) is 0 Å². The van der Waals surface area contributed by atoms with Crippen LogP contribution in [0.25, 0.3) is 0 Å². The highest BCUT2D eigenvalue weighted by atomic mass is 32.2. The molecule has 0 aliphatic heterocycles. The second-order valence-electron chi connectivity index (χ2n) is 8.42. The lowest BCUT2D eigenvalue weighted by Gasteiger charge is -2.13. The smallest absolute Gasteiger partial charge is 0.203 e. The molecule has 3 aromatic rings. The highest BCUT2D eigenvalue weighted by molar-refractivity contribution is 7.91. The molecule has 0 radical (unpaired) electrons. The largest absolute Gasteiger partial charge is 0.507 e. The molecular formula is C28H30O10S. The number of carbonyl (C=O) groups is 2. The predicted octanol–water partition coefficient (Wildman–Crippen LogP) is 3.61. The molecule has 0 saturated carbocycles. The van der Waals surface area contributed by atoms with E-state index in [2.05, 4.69) is 0 Å². The van der Waals surface area contributed by atoms with Crippen molar-refractivity contribution in [3.05, 3.63) is 71.3 Å². The molecule has 0 fully saturated rings. The summed E-state index contributed by atoms with van der Waals surface area (Å²) in [5.74, 6) is -0.0639. The molecule has 0 spiro atoms. The number of Topliss-reactive ketones (excluding diaryl/α,β-unsaturated/α-hetero) is 2. The van der Waals surface area contributed by atoms with Crippen molar-refractivity contribution in [3.8, 4) is 28.7 Å². The predicted molar refractivity (Wildman–Crippen MR) is 142 cm³/mol.